The van der Waals surface area contributed by atoms with Crippen LogP contribution in [0.5, 0.6) is 0 Å². The molecule has 0 saturated carbocycles. The summed E-state index contributed by atoms with van der Waals surface area (Å²) in [5, 5.41) is 0.658. The molecule has 1 rings (SSSR count). The van der Waals surface area contributed by atoms with Crippen molar-refractivity contribution in [2.75, 3.05) is 6.61 Å². The fourth-order valence-electron chi connectivity index (χ4n) is 1.11. The minimum absolute atomic E-state index is 0.257. The molecule has 0 unspecified atom stereocenters. The normalized spacial score (nSPS) is 9.94. The molecule has 0 atom stereocenters. The summed E-state index contributed by atoms with van der Waals surface area (Å²) in [6, 6.07) is 4.48. The van der Waals surface area contributed by atoms with Crippen molar-refractivity contribution in [2.45, 2.75) is 13.3 Å². The van der Waals surface area contributed by atoms with Crippen LogP contribution in [-0.4, -0.2) is 18.4 Å². The molecule has 0 N–H and O–H groups in total. The van der Waals surface area contributed by atoms with Crippen LogP contribution in [0.15, 0.2) is 18.2 Å². The molecule has 1 aromatic rings. The lowest BCUT2D eigenvalue weighted by Gasteiger charge is -2.02. The van der Waals surface area contributed by atoms with Gasteiger partial charge in [-0.05, 0) is 25.1 Å². The average Bonchev–Trinajstić information content (AvgIpc) is 2.22. The van der Waals surface area contributed by atoms with Gasteiger partial charge in [0.15, 0.2) is 5.78 Å². The van der Waals surface area contributed by atoms with Crippen LogP contribution in [0, 0.1) is 0 Å². The molecule has 0 aromatic heterocycles. The van der Waals surface area contributed by atoms with E-state index in [0.717, 1.165) is 0 Å². The van der Waals surface area contributed by atoms with Gasteiger partial charge in [-0.2, -0.15) is 0 Å². The molecule has 3 nitrogen and oxygen atoms in total. The number of carbonyl (C=O) groups excluding carboxylic acids is 2. The Hall–Kier alpha value is -1.06. The van der Waals surface area contributed by atoms with Crippen LogP contribution in [0.3, 0.4) is 0 Å². The Morgan fingerprint density at radius 2 is 1.94 bits per heavy atom. The van der Waals surface area contributed by atoms with Crippen molar-refractivity contribution in [1.29, 1.82) is 0 Å². The van der Waals surface area contributed by atoms with E-state index in [0.29, 0.717) is 10.6 Å². The van der Waals surface area contributed by atoms with E-state index < -0.39 is 5.97 Å². The SMILES string of the molecule is CCOC(=O)CC(=O)c1ccc(Cl)c(Cl)c1. The highest BCUT2D eigenvalue weighted by Crippen LogP contribution is 2.23. The number of Topliss-reactive ketones (excluding diaryl/α,β-unsaturated/α-hetero) is 1. The first-order valence-electron chi connectivity index (χ1n) is 4.68. The standard InChI is InChI=1S/C11H10Cl2O3/c1-2-16-11(15)6-10(14)7-3-4-8(12)9(13)5-7/h3-5H,2,6H2,1H3. The molecule has 0 bridgehead atoms. The zero-order valence-corrected chi connectivity index (χ0v) is 10.1. The van der Waals surface area contributed by atoms with Gasteiger partial charge in [-0.1, -0.05) is 23.2 Å². The van der Waals surface area contributed by atoms with Gasteiger partial charge in [-0.25, -0.2) is 0 Å². The second kappa shape index (κ2) is 5.87. The number of hydrogen-bond donors (Lipinski definition) is 0. The maximum atomic E-state index is 11.6. The molecule has 0 aliphatic carbocycles. The van der Waals surface area contributed by atoms with Crippen molar-refractivity contribution in [3.8, 4) is 0 Å². The maximum Gasteiger partial charge on any atom is 0.313 e. The lowest BCUT2D eigenvalue weighted by molar-refractivity contribution is -0.141. The molecule has 0 fully saturated rings. The molecule has 5 heteroatoms. The molecule has 0 aliphatic rings. The predicted octanol–water partition coefficient (Wildman–Crippen LogP) is 3.13. The zero-order valence-electron chi connectivity index (χ0n) is 8.63. The summed E-state index contributed by atoms with van der Waals surface area (Å²) in [6.45, 7) is 1.94. The van der Waals surface area contributed by atoms with Crippen LogP contribution in [0.1, 0.15) is 23.7 Å². The van der Waals surface area contributed by atoms with Crippen molar-refractivity contribution in [2.24, 2.45) is 0 Å². The average molecular weight is 261 g/mol. The van der Waals surface area contributed by atoms with Gasteiger partial charge < -0.3 is 4.74 Å². The summed E-state index contributed by atoms with van der Waals surface area (Å²) in [6.07, 6.45) is -0.286. The number of hydrogen-bond acceptors (Lipinski definition) is 3. The van der Waals surface area contributed by atoms with E-state index in [4.69, 9.17) is 23.2 Å². The minimum Gasteiger partial charge on any atom is -0.466 e. The van der Waals surface area contributed by atoms with E-state index >= 15 is 0 Å². The van der Waals surface area contributed by atoms with Crippen LogP contribution in [0.2, 0.25) is 10.0 Å². The summed E-state index contributed by atoms with van der Waals surface area (Å²) < 4.78 is 4.67. The number of halogens is 2. The molecular weight excluding hydrogens is 251 g/mol. The molecule has 0 heterocycles. The fraction of sp³-hybridized carbons (Fsp3) is 0.273. The Bertz CT molecular complexity index is 416. The molecule has 16 heavy (non-hydrogen) atoms. The van der Waals surface area contributed by atoms with E-state index in [9.17, 15) is 9.59 Å². The number of benzene rings is 1. The number of esters is 1. The number of rotatable bonds is 4. The van der Waals surface area contributed by atoms with E-state index in [2.05, 4.69) is 4.74 Å². The summed E-state index contributed by atoms with van der Waals surface area (Å²) in [4.78, 5) is 22.7. The van der Waals surface area contributed by atoms with Crippen molar-refractivity contribution in [1.82, 2.24) is 0 Å². The second-order valence-electron chi connectivity index (χ2n) is 3.03. The third kappa shape index (κ3) is 3.51. The van der Waals surface area contributed by atoms with E-state index in [1.165, 1.54) is 18.2 Å². The third-order valence-electron chi connectivity index (χ3n) is 1.85. The zero-order chi connectivity index (χ0) is 12.1. The van der Waals surface area contributed by atoms with Gasteiger partial charge in [0.1, 0.15) is 6.42 Å². The van der Waals surface area contributed by atoms with Gasteiger partial charge in [0.25, 0.3) is 0 Å². The molecule has 86 valence electrons. The quantitative estimate of drug-likeness (QED) is 0.475. The van der Waals surface area contributed by atoms with Gasteiger partial charge in [-0.3, -0.25) is 9.59 Å². The molecule has 0 spiro atoms. The lowest BCUT2D eigenvalue weighted by atomic mass is 10.1. The summed E-state index contributed by atoms with van der Waals surface area (Å²) in [7, 11) is 0. The Kier molecular flexibility index (Phi) is 4.77. The van der Waals surface area contributed by atoms with Crippen LogP contribution in [0.4, 0.5) is 0 Å². The van der Waals surface area contributed by atoms with Gasteiger partial charge in [0.2, 0.25) is 0 Å². The number of ether oxygens (including phenoxy) is 1. The second-order valence-corrected chi connectivity index (χ2v) is 3.85. The Morgan fingerprint density at radius 3 is 2.50 bits per heavy atom. The van der Waals surface area contributed by atoms with Crippen molar-refractivity contribution in [3.05, 3.63) is 33.8 Å². The van der Waals surface area contributed by atoms with Crippen LogP contribution in [-0.2, 0) is 9.53 Å². The first-order valence-corrected chi connectivity index (χ1v) is 5.44. The predicted molar refractivity (Wildman–Crippen MR) is 62.0 cm³/mol. The fourth-order valence-corrected chi connectivity index (χ4v) is 1.41. The highest BCUT2D eigenvalue weighted by atomic mass is 35.5. The van der Waals surface area contributed by atoms with Gasteiger partial charge >= 0.3 is 5.97 Å². The monoisotopic (exact) mass is 260 g/mol. The van der Waals surface area contributed by atoms with Crippen molar-refractivity contribution < 1.29 is 14.3 Å². The largest absolute Gasteiger partial charge is 0.466 e. The first kappa shape index (κ1) is 13.0. The summed E-state index contributed by atoms with van der Waals surface area (Å²) in [5.74, 6) is -0.879. The minimum atomic E-state index is -0.543. The van der Waals surface area contributed by atoms with Crippen molar-refractivity contribution in [3.63, 3.8) is 0 Å². The molecule has 0 amide bonds. The van der Waals surface area contributed by atoms with E-state index in [-0.39, 0.29) is 23.8 Å². The Labute approximate surface area is 103 Å². The number of carbonyl (C=O) groups is 2. The van der Waals surface area contributed by atoms with E-state index in [1.807, 2.05) is 0 Å². The highest BCUT2D eigenvalue weighted by molar-refractivity contribution is 6.42. The Balaban J connectivity index is 2.73. The summed E-state index contributed by atoms with van der Waals surface area (Å²) in [5.41, 5.74) is 0.349. The van der Waals surface area contributed by atoms with Gasteiger partial charge in [0, 0.05) is 5.56 Å². The Morgan fingerprint density at radius 1 is 1.25 bits per heavy atom. The van der Waals surface area contributed by atoms with E-state index in [1.54, 1.807) is 6.92 Å². The van der Waals surface area contributed by atoms with Gasteiger partial charge in [0.05, 0.1) is 16.7 Å². The van der Waals surface area contributed by atoms with Crippen molar-refractivity contribution >= 4 is 35.0 Å². The molecule has 0 aliphatic heterocycles. The van der Waals surface area contributed by atoms with Crippen LogP contribution < -0.4 is 0 Å². The van der Waals surface area contributed by atoms with Gasteiger partial charge in [-0.15, -0.1) is 0 Å². The van der Waals surface area contributed by atoms with Crippen LogP contribution >= 0.6 is 23.2 Å². The topological polar surface area (TPSA) is 43.4 Å². The molecule has 0 saturated heterocycles. The van der Waals surface area contributed by atoms with Crippen LogP contribution in [0.25, 0.3) is 0 Å². The highest BCUT2D eigenvalue weighted by Gasteiger charge is 2.13. The maximum absolute atomic E-state index is 11.6. The smallest absolute Gasteiger partial charge is 0.313 e. The molecular formula is C11H10Cl2O3. The molecule has 1 aromatic carbocycles. The lowest BCUT2D eigenvalue weighted by Crippen LogP contribution is -2.11. The number of ketones is 1. The first-order chi connectivity index (χ1) is 7.54. The third-order valence-corrected chi connectivity index (χ3v) is 2.59. The summed E-state index contributed by atoms with van der Waals surface area (Å²) >= 11 is 11.5. The molecule has 0 radical (unpaired) electrons.